The molecular weight excluding hydrogens is 228 g/mol. The Hall–Kier alpha value is -1.20. The maximum absolute atomic E-state index is 5.02. The lowest BCUT2D eigenvalue weighted by molar-refractivity contribution is 0.179. The molecule has 18 heavy (non-hydrogen) atoms. The number of nitrogens with zero attached hydrogens (tertiary/aromatic N) is 3. The molecule has 5 heteroatoms. The first kappa shape index (κ1) is 11.9. The second-order valence-electron chi connectivity index (χ2n) is 5.20. The molecule has 5 nitrogen and oxygen atoms in total. The van der Waals surface area contributed by atoms with Crippen molar-refractivity contribution in [2.45, 2.75) is 25.4 Å². The molecule has 1 unspecified atom stereocenters. The summed E-state index contributed by atoms with van der Waals surface area (Å²) in [6, 6.07) is 4.56. The summed E-state index contributed by atoms with van der Waals surface area (Å²) >= 11 is 0. The highest BCUT2D eigenvalue weighted by molar-refractivity contribution is 5.11. The molecule has 2 heterocycles. The van der Waals surface area contributed by atoms with Crippen LogP contribution in [0, 0.1) is 5.92 Å². The topological polar surface area (TPSA) is 50.3 Å². The van der Waals surface area contributed by atoms with Gasteiger partial charge in [0.25, 0.3) is 0 Å². The summed E-state index contributed by atoms with van der Waals surface area (Å²) in [6.07, 6.45) is 2.79. The van der Waals surface area contributed by atoms with Crippen molar-refractivity contribution in [3.63, 3.8) is 0 Å². The van der Waals surface area contributed by atoms with Crippen molar-refractivity contribution >= 4 is 0 Å². The van der Waals surface area contributed by atoms with Crippen molar-refractivity contribution in [2.24, 2.45) is 5.92 Å². The van der Waals surface area contributed by atoms with Crippen molar-refractivity contribution in [3.8, 4) is 5.88 Å². The Morgan fingerprint density at radius 3 is 2.94 bits per heavy atom. The fourth-order valence-electron chi connectivity index (χ4n) is 2.57. The molecule has 1 aliphatic carbocycles. The normalized spacial score (nSPS) is 25.1. The van der Waals surface area contributed by atoms with E-state index in [1.165, 1.54) is 12.8 Å². The number of methoxy groups -OCH3 is 1. The van der Waals surface area contributed by atoms with Crippen molar-refractivity contribution in [3.05, 3.63) is 17.8 Å². The molecule has 0 amide bonds. The van der Waals surface area contributed by atoms with Crippen molar-refractivity contribution in [2.75, 3.05) is 26.7 Å². The van der Waals surface area contributed by atoms with E-state index in [4.69, 9.17) is 4.74 Å². The van der Waals surface area contributed by atoms with Crippen LogP contribution in [0.25, 0.3) is 0 Å². The Labute approximate surface area is 108 Å². The summed E-state index contributed by atoms with van der Waals surface area (Å²) in [5, 5.41) is 11.8. The molecule has 98 valence electrons. The average Bonchev–Trinajstić information content (AvgIpc) is 3.24. The van der Waals surface area contributed by atoms with Crippen LogP contribution in [0.1, 0.15) is 18.5 Å². The summed E-state index contributed by atoms with van der Waals surface area (Å²) in [6.45, 7) is 4.21. The van der Waals surface area contributed by atoms with E-state index in [1.54, 1.807) is 7.11 Å². The van der Waals surface area contributed by atoms with E-state index in [2.05, 4.69) is 20.4 Å². The zero-order valence-electron chi connectivity index (χ0n) is 10.8. The standard InChI is InChI=1S/C13H20N4O/c1-18-13-5-4-11(15-16-13)8-17-7-6-14-12(9-17)10-2-3-10/h4-5,10,12,14H,2-3,6-9H2,1H3. The van der Waals surface area contributed by atoms with E-state index in [-0.39, 0.29) is 0 Å². The molecule has 3 rings (SSSR count). The van der Waals surface area contributed by atoms with E-state index in [1.807, 2.05) is 12.1 Å². The molecule has 1 aliphatic heterocycles. The molecule has 1 aromatic heterocycles. The molecule has 0 spiro atoms. The van der Waals surface area contributed by atoms with Gasteiger partial charge in [0.15, 0.2) is 0 Å². The van der Waals surface area contributed by atoms with Gasteiger partial charge in [0, 0.05) is 38.3 Å². The minimum atomic E-state index is 0.579. The van der Waals surface area contributed by atoms with Crippen molar-refractivity contribution in [1.29, 1.82) is 0 Å². The van der Waals surface area contributed by atoms with Crippen LogP contribution >= 0.6 is 0 Å². The van der Waals surface area contributed by atoms with Crippen LogP contribution in [0.15, 0.2) is 12.1 Å². The van der Waals surface area contributed by atoms with Gasteiger partial charge in [-0.25, -0.2) is 0 Å². The van der Waals surface area contributed by atoms with E-state index >= 15 is 0 Å². The number of rotatable bonds is 4. The number of ether oxygens (including phenoxy) is 1. The van der Waals surface area contributed by atoms with Gasteiger partial charge >= 0.3 is 0 Å². The molecule has 0 bridgehead atoms. The first-order chi connectivity index (χ1) is 8.85. The van der Waals surface area contributed by atoms with Crippen LogP contribution in [0.3, 0.4) is 0 Å². The van der Waals surface area contributed by atoms with E-state index in [9.17, 15) is 0 Å². The SMILES string of the molecule is COc1ccc(CN2CCNC(C3CC3)C2)nn1. The second-order valence-corrected chi connectivity index (χ2v) is 5.20. The van der Waals surface area contributed by atoms with Gasteiger partial charge in [-0.15, -0.1) is 5.10 Å². The van der Waals surface area contributed by atoms with Crippen LogP contribution in [0.2, 0.25) is 0 Å². The van der Waals surface area contributed by atoms with Crippen LogP contribution in [0.5, 0.6) is 5.88 Å². The highest BCUT2D eigenvalue weighted by atomic mass is 16.5. The first-order valence-electron chi connectivity index (χ1n) is 6.67. The Bertz CT molecular complexity index is 390. The molecule has 2 aliphatic rings. The van der Waals surface area contributed by atoms with Crippen LogP contribution < -0.4 is 10.1 Å². The smallest absolute Gasteiger partial charge is 0.233 e. The third-order valence-electron chi connectivity index (χ3n) is 3.77. The van der Waals surface area contributed by atoms with Gasteiger partial charge in [0.1, 0.15) is 0 Å². The van der Waals surface area contributed by atoms with Gasteiger partial charge < -0.3 is 10.1 Å². The fourth-order valence-corrected chi connectivity index (χ4v) is 2.57. The first-order valence-corrected chi connectivity index (χ1v) is 6.67. The molecule has 2 fully saturated rings. The third-order valence-corrected chi connectivity index (χ3v) is 3.77. The lowest BCUT2D eigenvalue weighted by Crippen LogP contribution is -2.51. The largest absolute Gasteiger partial charge is 0.480 e. The molecular formula is C13H20N4O. The maximum atomic E-state index is 5.02. The van der Waals surface area contributed by atoms with E-state index < -0.39 is 0 Å². The van der Waals surface area contributed by atoms with Crippen LogP contribution in [0.4, 0.5) is 0 Å². The monoisotopic (exact) mass is 248 g/mol. The number of hydrogen-bond acceptors (Lipinski definition) is 5. The molecule has 1 N–H and O–H groups in total. The lowest BCUT2D eigenvalue weighted by Gasteiger charge is -2.33. The summed E-state index contributed by atoms with van der Waals surface area (Å²) in [5.74, 6) is 1.49. The molecule has 1 saturated carbocycles. The van der Waals surface area contributed by atoms with E-state index in [0.717, 1.165) is 37.8 Å². The third kappa shape index (κ3) is 2.79. The predicted octanol–water partition coefficient (Wildman–Crippen LogP) is 0.669. The molecule has 1 aromatic rings. The average molecular weight is 248 g/mol. The number of piperazine rings is 1. The summed E-state index contributed by atoms with van der Waals surface area (Å²) in [7, 11) is 1.61. The summed E-state index contributed by atoms with van der Waals surface area (Å²) < 4.78 is 5.02. The van der Waals surface area contributed by atoms with Gasteiger partial charge in [-0.05, 0) is 24.8 Å². The molecule has 1 saturated heterocycles. The molecule has 1 atom stereocenters. The highest BCUT2D eigenvalue weighted by Crippen LogP contribution is 2.33. The maximum Gasteiger partial charge on any atom is 0.233 e. The van der Waals surface area contributed by atoms with Gasteiger partial charge in [-0.1, -0.05) is 0 Å². The van der Waals surface area contributed by atoms with Crippen LogP contribution in [-0.4, -0.2) is 47.9 Å². The minimum absolute atomic E-state index is 0.579. The fraction of sp³-hybridized carbons (Fsp3) is 0.692. The summed E-state index contributed by atoms with van der Waals surface area (Å²) in [5.41, 5.74) is 1.02. The van der Waals surface area contributed by atoms with Gasteiger partial charge in [-0.2, -0.15) is 5.10 Å². The predicted molar refractivity (Wildman–Crippen MR) is 68.4 cm³/mol. The number of hydrogen-bond donors (Lipinski definition) is 1. The highest BCUT2D eigenvalue weighted by Gasteiger charge is 2.33. The zero-order chi connectivity index (χ0) is 12.4. The molecule has 0 radical (unpaired) electrons. The minimum Gasteiger partial charge on any atom is -0.480 e. The van der Waals surface area contributed by atoms with Gasteiger partial charge in [0.2, 0.25) is 5.88 Å². The van der Waals surface area contributed by atoms with Crippen molar-refractivity contribution < 1.29 is 4.74 Å². The Morgan fingerprint density at radius 1 is 1.39 bits per heavy atom. The second kappa shape index (κ2) is 5.20. The Kier molecular flexibility index (Phi) is 3.43. The van der Waals surface area contributed by atoms with E-state index in [0.29, 0.717) is 11.9 Å². The number of nitrogens with one attached hydrogen (secondary N) is 1. The molecule has 0 aromatic carbocycles. The number of aromatic nitrogens is 2. The van der Waals surface area contributed by atoms with Gasteiger partial charge in [0.05, 0.1) is 12.8 Å². The Balaban J connectivity index is 1.57. The lowest BCUT2D eigenvalue weighted by atomic mass is 10.1. The van der Waals surface area contributed by atoms with Crippen molar-refractivity contribution in [1.82, 2.24) is 20.4 Å². The van der Waals surface area contributed by atoms with Gasteiger partial charge in [-0.3, -0.25) is 4.90 Å². The quantitative estimate of drug-likeness (QED) is 0.848. The zero-order valence-corrected chi connectivity index (χ0v) is 10.8. The Morgan fingerprint density at radius 2 is 2.28 bits per heavy atom. The van der Waals surface area contributed by atoms with Crippen LogP contribution in [-0.2, 0) is 6.54 Å². The summed E-state index contributed by atoms with van der Waals surface area (Å²) in [4.78, 5) is 2.47.